The van der Waals surface area contributed by atoms with Crippen LogP contribution in [0.1, 0.15) is 25.3 Å². The summed E-state index contributed by atoms with van der Waals surface area (Å²) in [6, 6.07) is 0. The van der Waals surface area contributed by atoms with Gasteiger partial charge in [0, 0.05) is 27.1 Å². The van der Waals surface area contributed by atoms with Crippen molar-refractivity contribution in [1.82, 2.24) is 34.1 Å². The molecule has 6 N–H and O–H groups in total. The first-order valence-electron chi connectivity index (χ1n) is 12.0. The fraction of sp³-hybridized carbons (Fsp3) is 0.600. The lowest BCUT2D eigenvalue weighted by atomic mass is 10.2. The number of nitrogens with one attached hydrogen (secondary N) is 1. The van der Waals surface area contributed by atoms with Crippen molar-refractivity contribution in [2.75, 3.05) is 38.9 Å². The fourth-order valence-electron chi connectivity index (χ4n) is 4.64. The van der Waals surface area contributed by atoms with Gasteiger partial charge in [0.05, 0.1) is 25.6 Å². The van der Waals surface area contributed by atoms with Crippen LogP contribution in [0, 0.1) is 0 Å². The number of phosphoric ester groups is 1. The molecule has 2 fully saturated rings. The van der Waals surface area contributed by atoms with E-state index in [2.05, 4.69) is 24.9 Å². The number of fused-ring (bicyclic) bond motifs is 1. The molecule has 218 valence electrons. The molecule has 1 unspecified atom stereocenters. The number of ether oxygens (including phenoxy) is 4. The van der Waals surface area contributed by atoms with Crippen LogP contribution in [0.3, 0.4) is 0 Å². The Kier molecular flexibility index (Phi) is 7.98. The molecular formula is C20H28N9O10P. The minimum atomic E-state index is -4.66. The van der Waals surface area contributed by atoms with E-state index < -0.39 is 62.6 Å². The lowest BCUT2D eigenvalue weighted by Gasteiger charge is -2.23. The van der Waals surface area contributed by atoms with Crippen molar-refractivity contribution in [1.29, 1.82) is 0 Å². The normalized spacial score (nSPS) is 28.3. The Morgan fingerprint density at radius 2 is 1.73 bits per heavy atom. The van der Waals surface area contributed by atoms with E-state index in [1.807, 2.05) is 0 Å². The monoisotopic (exact) mass is 585 g/mol. The Hall–Kier alpha value is -3.29. The molecule has 7 atom stereocenters. The minimum absolute atomic E-state index is 0.0293. The third-order valence-corrected chi connectivity index (χ3v) is 7.49. The molecule has 0 saturated carbocycles. The molecule has 5 heterocycles. The highest BCUT2D eigenvalue weighted by molar-refractivity contribution is 7.47. The van der Waals surface area contributed by atoms with Crippen molar-refractivity contribution in [2.24, 2.45) is 0 Å². The van der Waals surface area contributed by atoms with E-state index in [1.54, 1.807) is 0 Å². The van der Waals surface area contributed by atoms with Gasteiger partial charge in [-0.3, -0.25) is 28.0 Å². The van der Waals surface area contributed by atoms with Crippen LogP contribution in [0.4, 0.5) is 11.9 Å². The standard InChI is InChI=1S/C20H28N9O10P/c1-34-5-11-10(4-13(37-11)28-7-23-15-16(28)25-19(22)26-17(15)30)39-40(32,33)36-6-12-9(35-2)3-14(38-12)29-8-24-18(21)27-20(29)31/h7-14H,3-6H2,1-2H3,(H,32,33)(H2,21,27,31)(H3,22,25,26,30)/t9-,10-,11+,12+,13+,14+/m0/s1. The molecule has 0 aliphatic carbocycles. The topological polar surface area (TPSA) is 256 Å². The van der Waals surface area contributed by atoms with E-state index in [0.29, 0.717) is 0 Å². The second-order valence-electron chi connectivity index (χ2n) is 9.05. The first kappa shape index (κ1) is 28.2. The maximum Gasteiger partial charge on any atom is 0.472 e. The SMILES string of the molecule is COC[C@H]1O[C@@H](n2cnc3c(=O)[nH]c(N)nc32)C[C@@H]1OP(=O)(O)OC[C@H]1O[C@@H](n2cnc(N)nc2=O)C[C@@H]1OC. The van der Waals surface area contributed by atoms with Crippen LogP contribution in [0.2, 0.25) is 0 Å². The lowest BCUT2D eigenvalue weighted by Crippen LogP contribution is -2.30. The van der Waals surface area contributed by atoms with Gasteiger partial charge in [-0.1, -0.05) is 0 Å². The number of imidazole rings is 1. The average molecular weight is 585 g/mol. The Labute approximate surface area is 225 Å². The molecule has 5 rings (SSSR count). The number of anilines is 2. The summed E-state index contributed by atoms with van der Waals surface area (Å²) in [4.78, 5) is 52.7. The molecule has 0 aromatic carbocycles. The van der Waals surface area contributed by atoms with E-state index in [4.69, 9.17) is 39.5 Å². The second kappa shape index (κ2) is 11.3. The lowest BCUT2D eigenvalue weighted by molar-refractivity contribution is -0.0642. The van der Waals surface area contributed by atoms with Crippen LogP contribution < -0.4 is 22.7 Å². The van der Waals surface area contributed by atoms with Crippen molar-refractivity contribution >= 4 is 30.9 Å². The summed E-state index contributed by atoms with van der Waals surface area (Å²) in [6.07, 6.45) is -1.83. The molecule has 2 saturated heterocycles. The van der Waals surface area contributed by atoms with Crippen molar-refractivity contribution in [2.45, 2.75) is 49.7 Å². The van der Waals surface area contributed by atoms with Crippen LogP contribution in [0.15, 0.2) is 22.2 Å². The fourth-order valence-corrected chi connectivity index (χ4v) is 5.60. The van der Waals surface area contributed by atoms with Gasteiger partial charge < -0.3 is 35.3 Å². The molecule has 20 heteroatoms. The largest absolute Gasteiger partial charge is 0.472 e. The molecule has 3 aromatic rings. The van der Waals surface area contributed by atoms with Crippen molar-refractivity contribution in [3.05, 3.63) is 33.5 Å². The van der Waals surface area contributed by atoms with Crippen molar-refractivity contribution in [3.8, 4) is 0 Å². The first-order valence-corrected chi connectivity index (χ1v) is 13.5. The number of methoxy groups -OCH3 is 2. The number of nitrogens with two attached hydrogens (primary N) is 2. The van der Waals surface area contributed by atoms with E-state index >= 15 is 0 Å². The number of aromatic amines is 1. The highest BCUT2D eigenvalue weighted by atomic mass is 31.2. The predicted molar refractivity (Wildman–Crippen MR) is 134 cm³/mol. The molecule has 40 heavy (non-hydrogen) atoms. The zero-order valence-electron chi connectivity index (χ0n) is 21.4. The smallest absolute Gasteiger partial charge is 0.382 e. The molecule has 2 aliphatic rings. The molecule has 0 spiro atoms. The number of phosphoric acid groups is 1. The Balaban J connectivity index is 1.25. The van der Waals surface area contributed by atoms with Crippen molar-refractivity contribution in [3.63, 3.8) is 0 Å². The summed E-state index contributed by atoms with van der Waals surface area (Å²) < 4.78 is 48.7. The highest BCUT2D eigenvalue weighted by Crippen LogP contribution is 2.49. The third kappa shape index (κ3) is 5.77. The molecule has 19 nitrogen and oxygen atoms in total. The molecular weight excluding hydrogens is 557 g/mol. The number of hydrogen-bond donors (Lipinski definition) is 4. The number of rotatable bonds is 10. The molecule has 0 bridgehead atoms. The van der Waals surface area contributed by atoms with Gasteiger partial charge in [0.15, 0.2) is 11.2 Å². The number of aromatic nitrogens is 7. The highest BCUT2D eigenvalue weighted by Gasteiger charge is 2.44. The Morgan fingerprint density at radius 3 is 2.42 bits per heavy atom. The van der Waals surface area contributed by atoms with Crippen LogP contribution in [0.25, 0.3) is 11.2 Å². The summed E-state index contributed by atoms with van der Waals surface area (Å²) in [6.45, 7) is -0.362. The third-order valence-electron chi connectivity index (χ3n) is 6.48. The van der Waals surface area contributed by atoms with E-state index in [9.17, 15) is 19.0 Å². The van der Waals surface area contributed by atoms with Crippen LogP contribution in [-0.4, -0.2) is 90.8 Å². The maximum absolute atomic E-state index is 12.9. The Morgan fingerprint density at radius 1 is 1.05 bits per heavy atom. The van der Waals surface area contributed by atoms with Crippen LogP contribution in [-0.2, 0) is 32.6 Å². The molecule has 0 radical (unpaired) electrons. The van der Waals surface area contributed by atoms with Crippen molar-refractivity contribution < 1.29 is 37.5 Å². The average Bonchev–Trinajstić information content (AvgIpc) is 3.60. The zero-order chi connectivity index (χ0) is 28.6. The zero-order valence-corrected chi connectivity index (χ0v) is 22.2. The second-order valence-corrected chi connectivity index (χ2v) is 10.5. The molecule has 3 aromatic heterocycles. The van der Waals surface area contributed by atoms with E-state index in [-0.39, 0.29) is 42.5 Å². The van der Waals surface area contributed by atoms with Crippen LogP contribution in [0.5, 0.6) is 0 Å². The Bertz CT molecular complexity index is 1530. The van der Waals surface area contributed by atoms with Gasteiger partial charge in [-0.15, -0.1) is 0 Å². The molecule has 0 amide bonds. The summed E-state index contributed by atoms with van der Waals surface area (Å²) in [5, 5.41) is 0. The number of hydrogen-bond acceptors (Lipinski definition) is 15. The first-order chi connectivity index (χ1) is 19.1. The molecule has 2 aliphatic heterocycles. The van der Waals surface area contributed by atoms with Gasteiger partial charge in [0.1, 0.15) is 37.1 Å². The predicted octanol–water partition coefficient (Wildman–Crippen LogP) is -1.33. The number of H-pyrrole nitrogens is 1. The van der Waals surface area contributed by atoms with Gasteiger partial charge >= 0.3 is 13.5 Å². The minimum Gasteiger partial charge on any atom is -0.382 e. The summed E-state index contributed by atoms with van der Waals surface area (Å²) >= 11 is 0. The van der Waals surface area contributed by atoms with E-state index in [0.717, 1.165) is 4.57 Å². The number of nitrogen functional groups attached to an aromatic ring is 2. The van der Waals surface area contributed by atoms with Gasteiger partial charge in [-0.05, 0) is 0 Å². The van der Waals surface area contributed by atoms with Gasteiger partial charge in [0.2, 0.25) is 11.9 Å². The van der Waals surface area contributed by atoms with Gasteiger partial charge in [0.25, 0.3) is 5.56 Å². The summed E-state index contributed by atoms with van der Waals surface area (Å²) in [5.74, 6) is -0.285. The number of nitrogens with zero attached hydrogens (tertiary/aromatic N) is 6. The maximum atomic E-state index is 12.9. The summed E-state index contributed by atoms with van der Waals surface area (Å²) in [7, 11) is -1.79. The summed E-state index contributed by atoms with van der Waals surface area (Å²) in [5.41, 5.74) is 10.1. The van der Waals surface area contributed by atoms with Gasteiger partial charge in [-0.2, -0.15) is 9.97 Å². The van der Waals surface area contributed by atoms with Crippen LogP contribution >= 0.6 is 7.82 Å². The van der Waals surface area contributed by atoms with E-state index in [1.165, 1.54) is 31.4 Å². The quantitative estimate of drug-likeness (QED) is 0.201. The van der Waals surface area contributed by atoms with Gasteiger partial charge in [-0.25, -0.2) is 19.3 Å².